The Morgan fingerprint density at radius 1 is 1.23 bits per heavy atom. The Morgan fingerprint density at radius 3 is 2.41 bits per heavy atom. The number of methoxy groups -OCH3 is 1. The van der Waals surface area contributed by atoms with Gasteiger partial charge in [0.1, 0.15) is 0 Å². The molecule has 1 aliphatic carbocycles. The van der Waals surface area contributed by atoms with Crippen LogP contribution >= 0.6 is 0 Å². The van der Waals surface area contributed by atoms with Gasteiger partial charge in [0.2, 0.25) is 0 Å². The first-order valence-electron chi connectivity index (χ1n) is 7.18. The molecule has 0 radical (unpaired) electrons. The summed E-state index contributed by atoms with van der Waals surface area (Å²) in [5.41, 5.74) is -0.528. The molecule has 0 spiro atoms. The fourth-order valence-corrected chi connectivity index (χ4v) is 2.63. The van der Waals surface area contributed by atoms with E-state index in [-0.39, 0.29) is 18.7 Å². The Bertz CT molecular complexity index is 454. The van der Waals surface area contributed by atoms with Gasteiger partial charge in [-0.15, -0.1) is 0 Å². The van der Waals surface area contributed by atoms with Crippen molar-refractivity contribution in [3.05, 3.63) is 0 Å². The average Bonchev–Trinajstić information content (AvgIpc) is 2.50. The summed E-state index contributed by atoms with van der Waals surface area (Å²) in [5.74, 6) is -1.57. The molecule has 2 N–H and O–H groups in total. The molecule has 1 amide bonds. The number of carbonyl (C=O) groups is 3. The summed E-state index contributed by atoms with van der Waals surface area (Å²) in [7, 11) is 1.19. The molecular formula is C14H22N2O6. The average molecular weight is 314 g/mol. The van der Waals surface area contributed by atoms with E-state index in [0.29, 0.717) is 0 Å². The van der Waals surface area contributed by atoms with E-state index in [0.717, 1.165) is 32.1 Å². The van der Waals surface area contributed by atoms with Crippen LogP contribution in [-0.2, 0) is 19.2 Å². The molecule has 0 aromatic rings. The summed E-state index contributed by atoms with van der Waals surface area (Å²) in [6, 6.07) is 0. The number of carboxylic acid groups (broad SMARTS) is 1. The van der Waals surface area contributed by atoms with Gasteiger partial charge in [0.15, 0.2) is 5.71 Å². The first kappa shape index (κ1) is 17.9. The van der Waals surface area contributed by atoms with Crippen LogP contribution in [-0.4, -0.2) is 42.5 Å². The maximum Gasteiger partial charge on any atom is 0.433 e. The summed E-state index contributed by atoms with van der Waals surface area (Å²) < 4.78 is 4.41. The molecule has 0 heterocycles. The molecule has 1 rings (SSSR count). The lowest BCUT2D eigenvalue weighted by molar-refractivity contribution is -0.140. The van der Waals surface area contributed by atoms with Crippen LogP contribution in [0.3, 0.4) is 0 Å². The fraction of sp³-hybridized carbons (Fsp3) is 0.714. The van der Waals surface area contributed by atoms with Gasteiger partial charge in [0.25, 0.3) is 0 Å². The number of hydrogen-bond acceptors (Lipinski definition) is 6. The Balaban J connectivity index is 2.52. The highest BCUT2D eigenvalue weighted by Gasteiger charge is 2.34. The van der Waals surface area contributed by atoms with E-state index in [1.54, 1.807) is 0 Å². The minimum absolute atomic E-state index is 0.0116. The number of carboxylic acids is 1. The van der Waals surface area contributed by atoms with E-state index < -0.39 is 23.4 Å². The molecule has 124 valence electrons. The van der Waals surface area contributed by atoms with Crippen molar-refractivity contribution in [2.75, 3.05) is 13.7 Å². The number of nitrogens with one attached hydrogen (secondary N) is 1. The number of amides is 1. The summed E-state index contributed by atoms with van der Waals surface area (Å²) in [6.07, 6.45) is 3.67. The molecule has 8 heteroatoms. The molecule has 1 aliphatic rings. The van der Waals surface area contributed by atoms with Crippen molar-refractivity contribution >= 4 is 23.7 Å². The third-order valence-corrected chi connectivity index (χ3v) is 3.79. The van der Waals surface area contributed by atoms with Crippen molar-refractivity contribution in [2.24, 2.45) is 10.6 Å². The number of ether oxygens (including phenoxy) is 1. The van der Waals surface area contributed by atoms with Crippen molar-refractivity contribution in [1.82, 2.24) is 5.32 Å². The quantitative estimate of drug-likeness (QED) is 0.334. The molecule has 22 heavy (non-hydrogen) atoms. The zero-order valence-corrected chi connectivity index (χ0v) is 12.9. The van der Waals surface area contributed by atoms with Crippen LogP contribution in [0.15, 0.2) is 5.16 Å². The summed E-state index contributed by atoms with van der Waals surface area (Å²) in [4.78, 5) is 38.2. The van der Waals surface area contributed by atoms with E-state index in [2.05, 4.69) is 20.0 Å². The Kier molecular flexibility index (Phi) is 6.81. The second kappa shape index (κ2) is 8.35. The smallest absolute Gasteiger partial charge is 0.433 e. The Morgan fingerprint density at radius 2 is 1.86 bits per heavy atom. The van der Waals surface area contributed by atoms with E-state index in [4.69, 9.17) is 5.11 Å². The van der Waals surface area contributed by atoms with Crippen molar-refractivity contribution in [1.29, 1.82) is 0 Å². The highest BCUT2D eigenvalue weighted by Crippen LogP contribution is 2.38. The number of nitrogens with zero attached hydrogens (tertiary/aromatic N) is 1. The summed E-state index contributed by atoms with van der Waals surface area (Å²) in [5, 5.41) is 14.9. The van der Waals surface area contributed by atoms with Crippen LogP contribution in [0.5, 0.6) is 0 Å². The zero-order chi connectivity index (χ0) is 16.6. The largest absolute Gasteiger partial charge is 0.481 e. The summed E-state index contributed by atoms with van der Waals surface area (Å²) >= 11 is 0. The minimum atomic E-state index is -0.878. The highest BCUT2D eigenvalue weighted by atomic mass is 16.7. The lowest BCUT2D eigenvalue weighted by Gasteiger charge is -2.35. The van der Waals surface area contributed by atoms with E-state index in [9.17, 15) is 14.4 Å². The van der Waals surface area contributed by atoms with Gasteiger partial charge < -0.3 is 15.2 Å². The third-order valence-electron chi connectivity index (χ3n) is 3.79. The van der Waals surface area contributed by atoms with Crippen molar-refractivity contribution in [3.8, 4) is 0 Å². The topological polar surface area (TPSA) is 114 Å². The predicted molar refractivity (Wildman–Crippen MR) is 77.4 cm³/mol. The van der Waals surface area contributed by atoms with Gasteiger partial charge in [-0.2, -0.15) is 0 Å². The third kappa shape index (κ3) is 5.71. The standard InChI is InChI=1S/C14H22N2O6/c1-10(12(19)21-2)16-22-13(20)15-9-14(8-11(17)18)6-4-3-5-7-14/h3-9H2,1-2H3,(H,15,20)(H,17,18). The lowest BCUT2D eigenvalue weighted by Crippen LogP contribution is -2.40. The van der Waals surface area contributed by atoms with Crippen molar-refractivity contribution < 1.29 is 29.1 Å². The van der Waals surface area contributed by atoms with Gasteiger partial charge in [-0.3, -0.25) is 9.63 Å². The van der Waals surface area contributed by atoms with Crippen LogP contribution in [0.2, 0.25) is 0 Å². The van der Waals surface area contributed by atoms with Crippen LogP contribution in [0.25, 0.3) is 0 Å². The monoisotopic (exact) mass is 314 g/mol. The molecule has 0 aromatic carbocycles. The van der Waals surface area contributed by atoms with E-state index in [1.165, 1.54) is 14.0 Å². The van der Waals surface area contributed by atoms with Crippen molar-refractivity contribution in [2.45, 2.75) is 45.4 Å². The molecule has 0 aliphatic heterocycles. The lowest BCUT2D eigenvalue weighted by atomic mass is 9.72. The van der Waals surface area contributed by atoms with Crippen molar-refractivity contribution in [3.63, 3.8) is 0 Å². The number of hydrogen-bond donors (Lipinski definition) is 2. The van der Waals surface area contributed by atoms with Gasteiger partial charge in [-0.05, 0) is 25.2 Å². The minimum Gasteiger partial charge on any atom is -0.481 e. The molecule has 0 unspecified atom stereocenters. The highest BCUT2D eigenvalue weighted by molar-refractivity contribution is 6.35. The van der Waals surface area contributed by atoms with Crippen LogP contribution < -0.4 is 5.32 Å². The maximum absolute atomic E-state index is 11.6. The van der Waals surface area contributed by atoms with Crippen LogP contribution in [0.4, 0.5) is 4.79 Å². The molecule has 0 bridgehead atoms. The summed E-state index contributed by atoms with van der Waals surface area (Å²) in [6.45, 7) is 1.57. The molecule has 1 fully saturated rings. The molecule has 0 aromatic heterocycles. The number of oxime groups is 1. The predicted octanol–water partition coefficient (Wildman–Crippen LogP) is 1.69. The second-order valence-electron chi connectivity index (χ2n) is 5.53. The van der Waals surface area contributed by atoms with E-state index >= 15 is 0 Å². The first-order chi connectivity index (χ1) is 10.4. The van der Waals surface area contributed by atoms with Gasteiger partial charge in [0.05, 0.1) is 13.5 Å². The van der Waals surface area contributed by atoms with Gasteiger partial charge in [-0.1, -0.05) is 24.4 Å². The number of carbonyl (C=O) groups excluding carboxylic acids is 2. The second-order valence-corrected chi connectivity index (χ2v) is 5.53. The number of aliphatic carboxylic acids is 1. The zero-order valence-electron chi connectivity index (χ0n) is 12.9. The van der Waals surface area contributed by atoms with Gasteiger partial charge in [-0.25, -0.2) is 9.59 Å². The van der Waals surface area contributed by atoms with E-state index in [1.807, 2.05) is 0 Å². The maximum atomic E-state index is 11.6. The molecule has 1 saturated carbocycles. The van der Waals surface area contributed by atoms with Crippen LogP contribution in [0, 0.1) is 5.41 Å². The fourth-order valence-electron chi connectivity index (χ4n) is 2.63. The first-order valence-corrected chi connectivity index (χ1v) is 7.18. The van der Waals surface area contributed by atoms with Crippen LogP contribution in [0.1, 0.15) is 45.4 Å². The molecular weight excluding hydrogens is 292 g/mol. The molecule has 0 saturated heterocycles. The Labute approximate surface area is 128 Å². The normalized spacial score (nSPS) is 17.5. The number of rotatable bonds is 6. The Hall–Kier alpha value is -2.12. The molecule has 0 atom stereocenters. The van der Waals surface area contributed by atoms with Gasteiger partial charge in [0, 0.05) is 6.54 Å². The molecule has 8 nitrogen and oxygen atoms in total. The SMILES string of the molecule is COC(=O)C(C)=NOC(=O)NCC1(CC(=O)O)CCCCC1. The number of esters is 1. The van der Waals surface area contributed by atoms with Gasteiger partial charge >= 0.3 is 18.0 Å².